The Morgan fingerprint density at radius 3 is 2.90 bits per heavy atom. The third kappa shape index (κ3) is 3.72. The molecule has 3 atom stereocenters. The second-order valence-electron chi connectivity index (χ2n) is 5.57. The van der Waals surface area contributed by atoms with Crippen molar-refractivity contribution in [2.24, 2.45) is 5.92 Å². The van der Waals surface area contributed by atoms with E-state index in [1.807, 2.05) is 0 Å². The van der Waals surface area contributed by atoms with E-state index in [-0.39, 0.29) is 18.0 Å². The summed E-state index contributed by atoms with van der Waals surface area (Å²) in [5, 5.41) is 3.99. The Morgan fingerprint density at radius 1 is 1.50 bits per heavy atom. The van der Waals surface area contributed by atoms with E-state index < -0.39 is 0 Å². The molecule has 2 nitrogen and oxygen atoms in total. The summed E-state index contributed by atoms with van der Waals surface area (Å²) < 4.78 is 19.8. The summed E-state index contributed by atoms with van der Waals surface area (Å²) in [5.74, 6) is 0.265. The smallest absolute Gasteiger partial charge is 0.127 e. The molecule has 0 amide bonds. The van der Waals surface area contributed by atoms with E-state index in [4.69, 9.17) is 16.3 Å². The Labute approximate surface area is 125 Å². The number of halogens is 2. The molecule has 3 unspecified atom stereocenters. The first-order valence-electron chi connectivity index (χ1n) is 7.41. The van der Waals surface area contributed by atoms with E-state index in [0.717, 1.165) is 26.0 Å². The van der Waals surface area contributed by atoms with Gasteiger partial charge in [-0.25, -0.2) is 4.39 Å². The minimum atomic E-state index is -0.230. The van der Waals surface area contributed by atoms with Gasteiger partial charge in [-0.15, -0.1) is 0 Å². The van der Waals surface area contributed by atoms with Gasteiger partial charge < -0.3 is 10.1 Å². The van der Waals surface area contributed by atoms with Gasteiger partial charge in [0.2, 0.25) is 0 Å². The van der Waals surface area contributed by atoms with Crippen molar-refractivity contribution in [3.63, 3.8) is 0 Å². The predicted octanol–water partition coefficient (Wildman–Crippen LogP) is 3.81. The second kappa shape index (κ2) is 7.39. The molecule has 1 heterocycles. The molecule has 4 heteroatoms. The Hall–Kier alpha value is -0.640. The van der Waals surface area contributed by atoms with Gasteiger partial charge in [0.25, 0.3) is 0 Å². The van der Waals surface area contributed by atoms with Crippen molar-refractivity contribution in [1.82, 2.24) is 5.32 Å². The van der Waals surface area contributed by atoms with Crippen molar-refractivity contribution in [3.8, 4) is 0 Å². The second-order valence-corrected chi connectivity index (χ2v) is 5.97. The molecule has 0 radical (unpaired) electrons. The van der Waals surface area contributed by atoms with Crippen LogP contribution in [0.1, 0.15) is 32.3 Å². The maximum absolute atomic E-state index is 14.0. The molecule has 1 aromatic carbocycles. The minimum Gasteiger partial charge on any atom is -0.376 e. The predicted molar refractivity (Wildman–Crippen MR) is 80.7 cm³/mol. The van der Waals surface area contributed by atoms with Crippen LogP contribution in [0.25, 0.3) is 0 Å². The number of rotatable bonds is 6. The normalized spacial score (nSPS) is 24.0. The molecule has 0 aromatic heterocycles. The van der Waals surface area contributed by atoms with E-state index in [2.05, 4.69) is 19.2 Å². The summed E-state index contributed by atoms with van der Waals surface area (Å²) in [4.78, 5) is 0. The zero-order valence-electron chi connectivity index (χ0n) is 12.2. The SMILES string of the molecule is CCCNC(Cc1c(F)cccc1Cl)C1OCCC1C. The summed E-state index contributed by atoms with van der Waals surface area (Å²) in [6.07, 6.45) is 2.82. The standard InChI is InChI=1S/C16H23ClFNO/c1-3-8-19-15(16-11(2)7-9-20-16)10-12-13(17)5-4-6-14(12)18/h4-6,11,15-16,19H,3,7-10H2,1-2H3. The molecule has 0 saturated carbocycles. The Kier molecular flexibility index (Phi) is 5.82. The summed E-state index contributed by atoms with van der Waals surface area (Å²) >= 11 is 6.14. The average molecular weight is 300 g/mol. The van der Waals surface area contributed by atoms with Gasteiger partial charge in [-0.3, -0.25) is 0 Å². The quantitative estimate of drug-likeness (QED) is 0.862. The Balaban J connectivity index is 2.14. The van der Waals surface area contributed by atoms with Gasteiger partial charge in [-0.1, -0.05) is 31.5 Å². The first kappa shape index (κ1) is 15.7. The van der Waals surface area contributed by atoms with Crippen molar-refractivity contribution < 1.29 is 9.13 Å². The van der Waals surface area contributed by atoms with E-state index in [0.29, 0.717) is 22.9 Å². The Morgan fingerprint density at radius 2 is 2.30 bits per heavy atom. The third-order valence-electron chi connectivity index (χ3n) is 3.98. The summed E-state index contributed by atoms with van der Waals surface area (Å²) in [6.45, 7) is 6.02. The van der Waals surface area contributed by atoms with E-state index in [1.54, 1.807) is 12.1 Å². The first-order valence-corrected chi connectivity index (χ1v) is 7.79. The van der Waals surface area contributed by atoms with Gasteiger partial charge in [0.1, 0.15) is 5.82 Å². The molecule has 0 aliphatic carbocycles. The molecular weight excluding hydrogens is 277 g/mol. The molecule has 1 saturated heterocycles. The van der Waals surface area contributed by atoms with Crippen LogP contribution in [0.2, 0.25) is 5.02 Å². The highest BCUT2D eigenvalue weighted by atomic mass is 35.5. The lowest BCUT2D eigenvalue weighted by molar-refractivity contribution is 0.0608. The lowest BCUT2D eigenvalue weighted by Crippen LogP contribution is -2.44. The fourth-order valence-electron chi connectivity index (χ4n) is 2.81. The number of benzene rings is 1. The van der Waals surface area contributed by atoms with Crippen molar-refractivity contribution in [3.05, 3.63) is 34.6 Å². The molecule has 0 bridgehead atoms. The molecule has 0 spiro atoms. The van der Waals surface area contributed by atoms with Crippen LogP contribution in [-0.2, 0) is 11.2 Å². The minimum absolute atomic E-state index is 0.113. The van der Waals surface area contributed by atoms with Crippen LogP contribution in [0.5, 0.6) is 0 Å². The average Bonchev–Trinajstić information content (AvgIpc) is 2.84. The van der Waals surface area contributed by atoms with Crippen LogP contribution in [0.4, 0.5) is 4.39 Å². The summed E-state index contributed by atoms with van der Waals surface area (Å²) in [5.41, 5.74) is 0.588. The van der Waals surface area contributed by atoms with Crippen LogP contribution in [0, 0.1) is 11.7 Å². The van der Waals surface area contributed by atoms with E-state index in [1.165, 1.54) is 6.07 Å². The van der Waals surface area contributed by atoms with Crippen molar-refractivity contribution >= 4 is 11.6 Å². The van der Waals surface area contributed by atoms with Crippen LogP contribution in [0.15, 0.2) is 18.2 Å². The van der Waals surface area contributed by atoms with Crippen LogP contribution < -0.4 is 5.32 Å². The number of hydrogen-bond acceptors (Lipinski definition) is 2. The molecule has 1 aromatic rings. The van der Waals surface area contributed by atoms with Gasteiger partial charge in [0.15, 0.2) is 0 Å². The third-order valence-corrected chi connectivity index (χ3v) is 4.34. The molecule has 2 rings (SSSR count). The fourth-order valence-corrected chi connectivity index (χ4v) is 3.05. The molecule has 1 aliphatic rings. The van der Waals surface area contributed by atoms with Crippen molar-refractivity contribution in [2.45, 2.75) is 45.3 Å². The van der Waals surface area contributed by atoms with Gasteiger partial charge >= 0.3 is 0 Å². The highest BCUT2D eigenvalue weighted by molar-refractivity contribution is 6.31. The zero-order valence-corrected chi connectivity index (χ0v) is 12.9. The highest BCUT2D eigenvalue weighted by Gasteiger charge is 2.32. The molecular formula is C16H23ClFNO. The Bertz CT molecular complexity index is 420. The van der Waals surface area contributed by atoms with Gasteiger partial charge in [0.05, 0.1) is 6.10 Å². The lowest BCUT2D eigenvalue weighted by atomic mass is 9.92. The molecule has 112 valence electrons. The number of ether oxygens (including phenoxy) is 1. The number of hydrogen-bond donors (Lipinski definition) is 1. The van der Waals surface area contributed by atoms with E-state index in [9.17, 15) is 4.39 Å². The largest absolute Gasteiger partial charge is 0.376 e. The van der Waals surface area contributed by atoms with Crippen LogP contribution >= 0.6 is 11.6 Å². The summed E-state index contributed by atoms with van der Waals surface area (Å²) in [7, 11) is 0. The molecule has 1 aliphatic heterocycles. The first-order chi connectivity index (χ1) is 9.63. The maximum atomic E-state index is 14.0. The van der Waals surface area contributed by atoms with Gasteiger partial charge in [-0.2, -0.15) is 0 Å². The molecule has 1 N–H and O–H groups in total. The maximum Gasteiger partial charge on any atom is 0.127 e. The fraction of sp³-hybridized carbons (Fsp3) is 0.625. The topological polar surface area (TPSA) is 21.3 Å². The summed E-state index contributed by atoms with van der Waals surface area (Å²) in [6, 6.07) is 4.97. The lowest BCUT2D eigenvalue weighted by Gasteiger charge is -2.27. The zero-order chi connectivity index (χ0) is 14.5. The monoisotopic (exact) mass is 299 g/mol. The van der Waals surface area contributed by atoms with E-state index >= 15 is 0 Å². The number of nitrogens with one attached hydrogen (secondary N) is 1. The van der Waals surface area contributed by atoms with Gasteiger partial charge in [0, 0.05) is 23.2 Å². The van der Waals surface area contributed by atoms with Gasteiger partial charge in [-0.05, 0) is 43.9 Å². The highest BCUT2D eigenvalue weighted by Crippen LogP contribution is 2.27. The van der Waals surface area contributed by atoms with Crippen LogP contribution in [-0.4, -0.2) is 25.3 Å². The van der Waals surface area contributed by atoms with Crippen molar-refractivity contribution in [2.75, 3.05) is 13.2 Å². The van der Waals surface area contributed by atoms with Crippen molar-refractivity contribution in [1.29, 1.82) is 0 Å². The molecule has 20 heavy (non-hydrogen) atoms. The van der Waals surface area contributed by atoms with Crippen LogP contribution in [0.3, 0.4) is 0 Å². The molecule has 1 fully saturated rings.